The highest BCUT2D eigenvalue weighted by Crippen LogP contribution is 2.29. The molecule has 0 aliphatic heterocycles. The molecule has 2 rings (SSSR count). The van der Waals surface area contributed by atoms with Gasteiger partial charge in [-0.25, -0.2) is 13.1 Å². The van der Waals surface area contributed by atoms with Crippen molar-refractivity contribution in [3.05, 3.63) is 33.4 Å². The third-order valence-corrected chi connectivity index (χ3v) is 6.15. The molecule has 132 valence electrons. The van der Waals surface area contributed by atoms with Gasteiger partial charge in [0.25, 0.3) is 5.69 Å². The summed E-state index contributed by atoms with van der Waals surface area (Å²) in [6.45, 7) is 3.05. The van der Waals surface area contributed by atoms with Gasteiger partial charge in [-0.2, -0.15) is 0 Å². The first-order valence-electron chi connectivity index (χ1n) is 7.62. The second-order valence-corrected chi connectivity index (χ2v) is 7.82. The molecular formula is C15H20N2O6S. The zero-order valence-electron chi connectivity index (χ0n) is 13.5. The Morgan fingerprint density at radius 2 is 1.71 bits per heavy atom. The lowest BCUT2D eigenvalue weighted by Crippen LogP contribution is -2.39. The summed E-state index contributed by atoms with van der Waals surface area (Å²) in [4.78, 5) is 21.3. The molecule has 1 fully saturated rings. The number of nitrogens with one attached hydrogen (secondary N) is 1. The van der Waals surface area contributed by atoms with Crippen LogP contribution in [-0.4, -0.2) is 30.5 Å². The molecule has 2 N–H and O–H groups in total. The SMILES string of the molecule is Cc1cc([N+](=O)[O-])cc(C)c1S(=O)(=O)NC1CCC(C(=O)O)CC1. The third kappa shape index (κ3) is 3.90. The van der Waals surface area contributed by atoms with Gasteiger partial charge in [-0.15, -0.1) is 0 Å². The number of non-ortho nitro benzene ring substituents is 1. The van der Waals surface area contributed by atoms with E-state index in [1.54, 1.807) is 0 Å². The van der Waals surface area contributed by atoms with Crippen LogP contribution >= 0.6 is 0 Å². The summed E-state index contributed by atoms with van der Waals surface area (Å²) in [5, 5.41) is 19.8. The molecule has 0 spiro atoms. The van der Waals surface area contributed by atoms with Crippen molar-refractivity contribution in [1.82, 2.24) is 4.72 Å². The number of carbonyl (C=O) groups is 1. The minimum atomic E-state index is -3.82. The number of nitrogens with zero attached hydrogens (tertiary/aromatic N) is 1. The normalized spacial score (nSPS) is 21.4. The molecule has 1 saturated carbocycles. The Hall–Kier alpha value is -2.00. The molecule has 0 radical (unpaired) electrons. The molecule has 1 aliphatic rings. The molecule has 24 heavy (non-hydrogen) atoms. The van der Waals surface area contributed by atoms with Crippen LogP contribution in [0.4, 0.5) is 5.69 Å². The molecule has 9 heteroatoms. The Bertz CT molecular complexity index is 743. The Morgan fingerprint density at radius 1 is 1.21 bits per heavy atom. The largest absolute Gasteiger partial charge is 0.481 e. The molecule has 1 aromatic carbocycles. The summed E-state index contributed by atoms with van der Waals surface area (Å²) < 4.78 is 27.9. The van der Waals surface area contributed by atoms with Crippen LogP contribution in [0.15, 0.2) is 17.0 Å². The monoisotopic (exact) mass is 356 g/mol. The van der Waals surface area contributed by atoms with E-state index in [9.17, 15) is 23.3 Å². The van der Waals surface area contributed by atoms with Gasteiger partial charge in [0.1, 0.15) is 0 Å². The van der Waals surface area contributed by atoms with E-state index in [2.05, 4.69) is 4.72 Å². The quantitative estimate of drug-likeness (QED) is 0.614. The lowest BCUT2D eigenvalue weighted by atomic mass is 9.87. The Balaban J connectivity index is 2.20. The average Bonchev–Trinajstić information content (AvgIpc) is 2.46. The van der Waals surface area contributed by atoms with Gasteiger partial charge in [0, 0.05) is 18.2 Å². The number of sulfonamides is 1. The minimum absolute atomic E-state index is 0.0495. The van der Waals surface area contributed by atoms with Crippen LogP contribution in [-0.2, 0) is 14.8 Å². The highest BCUT2D eigenvalue weighted by atomic mass is 32.2. The van der Waals surface area contributed by atoms with Crippen LogP contribution in [0.2, 0.25) is 0 Å². The maximum atomic E-state index is 12.6. The zero-order chi connectivity index (χ0) is 18.1. The summed E-state index contributed by atoms with van der Waals surface area (Å²) in [6.07, 6.45) is 1.78. The first-order chi connectivity index (χ1) is 11.1. The standard InChI is InChI=1S/C15H20N2O6S/c1-9-7-13(17(20)21)8-10(2)14(9)24(22,23)16-12-5-3-11(4-6-12)15(18)19/h7-8,11-12,16H,3-6H2,1-2H3,(H,18,19). The van der Waals surface area contributed by atoms with Gasteiger partial charge in [0.05, 0.1) is 15.7 Å². The van der Waals surface area contributed by atoms with Gasteiger partial charge in [0.15, 0.2) is 0 Å². The van der Waals surface area contributed by atoms with E-state index in [-0.39, 0.29) is 16.6 Å². The van der Waals surface area contributed by atoms with E-state index in [1.807, 2.05) is 0 Å². The number of hydrogen-bond donors (Lipinski definition) is 2. The number of nitro groups is 1. The van der Waals surface area contributed by atoms with E-state index >= 15 is 0 Å². The van der Waals surface area contributed by atoms with Crippen molar-refractivity contribution in [3.8, 4) is 0 Å². The minimum Gasteiger partial charge on any atom is -0.481 e. The maximum Gasteiger partial charge on any atom is 0.306 e. The lowest BCUT2D eigenvalue weighted by Gasteiger charge is -2.27. The molecule has 0 amide bonds. The van der Waals surface area contributed by atoms with Crippen molar-refractivity contribution in [3.63, 3.8) is 0 Å². The molecule has 1 aliphatic carbocycles. The Morgan fingerprint density at radius 3 is 2.12 bits per heavy atom. The first kappa shape index (κ1) is 18.3. The highest BCUT2D eigenvalue weighted by Gasteiger charge is 2.30. The second kappa shape index (κ2) is 6.86. The molecule has 0 bridgehead atoms. The number of aliphatic carboxylic acids is 1. The summed E-state index contributed by atoms with van der Waals surface area (Å²) in [6, 6.07) is 2.16. The predicted molar refractivity (Wildman–Crippen MR) is 86.3 cm³/mol. The number of aryl methyl sites for hydroxylation is 2. The molecule has 8 nitrogen and oxygen atoms in total. The van der Waals surface area contributed by atoms with E-state index < -0.39 is 26.8 Å². The number of nitro benzene ring substituents is 1. The second-order valence-electron chi connectivity index (χ2n) is 6.17. The Kier molecular flexibility index (Phi) is 5.24. The van der Waals surface area contributed by atoms with E-state index in [1.165, 1.54) is 26.0 Å². The molecule has 0 aromatic heterocycles. The van der Waals surface area contributed by atoms with Crippen LogP contribution in [0.25, 0.3) is 0 Å². The van der Waals surface area contributed by atoms with Gasteiger partial charge in [0.2, 0.25) is 10.0 Å². The van der Waals surface area contributed by atoms with E-state index in [0.29, 0.717) is 36.8 Å². The van der Waals surface area contributed by atoms with Crippen LogP contribution in [0.5, 0.6) is 0 Å². The van der Waals surface area contributed by atoms with Gasteiger partial charge in [-0.3, -0.25) is 14.9 Å². The van der Waals surface area contributed by atoms with Crippen LogP contribution in [0.3, 0.4) is 0 Å². The van der Waals surface area contributed by atoms with Crippen molar-refractivity contribution in [1.29, 1.82) is 0 Å². The zero-order valence-corrected chi connectivity index (χ0v) is 14.3. The van der Waals surface area contributed by atoms with Gasteiger partial charge in [-0.05, 0) is 50.7 Å². The highest BCUT2D eigenvalue weighted by molar-refractivity contribution is 7.89. The van der Waals surface area contributed by atoms with Crippen molar-refractivity contribution >= 4 is 21.7 Å². The van der Waals surface area contributed by atoms with Gasteiger partial charge >= 0.3 is 5.97 Å². The van der Waals surface area contributed by atoms with Crippen molar-refractivity contribution in [2.75, 3.05) is 0 Å². The molecule has 0 atom stereocenters. The van der Waals surface area contributed by atoms with Crippen LogP contribution < -0.4 is 4.72 Å². The first-order valence-corrected chi connectivity index (χ1v) is 9.11. The summed E-state index contributed by atoms with van der Waals surface area (Å²) in [7, 11) is -3.82. The molecule has 0 saturated heterocycles. The maximum absolute atomic E-state index is 12.6. The van der Waals surface area contributed by atoms with Gasteiger partial charge < -0.3 is 5.11 Å². The fourth-order valence-corrected chi connectivity index (χ4v) is 4.95. The van der Waals surface area contributed by atoms with Crippen molar-refractivity contribution in [2.45, 2.75) is 50.5 Å². The molecule has 0 heterocycles. The number of rotatable bonds is 5. The van der Waals surface area contributed by atoms with Crippen molar-refractivity contribution < 1.29 is 23.2 Å². The third-order valence-electron chi connectivity index (χ3n) is 4.32. The number of carboxylic acids is 1. The fraction of sp³-hybridized carbons (Fsp3) is 0.533. The summed E-state index contributed by atoms with van der Waals surface area (Å²) >= 11 is 0. The summed E-state index contributed by atoms with van der Waals surface area (Å²) in [5.74, 6) is -1.27. The van der Waals surface area contributed by atoms with E-state index in [0.717, 1.165) is 0 Å². The fourth-order valence-electron chi connectivity index (χ4n) is 3.19. The van der Waals surface area contributed by atoms with E-state index in [4.69, 9.17) is 5.11 Å². The topological polar surface area (TPSA) is 127 Å². The smallest absolute Gasteiger partial charge is 0.306 e. The number of hydrogen-bond acceptors (Lipinski definition) is 5. The number of carboxylic acid groups (broad SMARTS) is 1. The lowest BCUT2D eigenvalue weighted by molar-refractivity contribution is -0.385. The summed E-state index contributed by atoms with van der Waals surface area (Å²) in [5.41, 5.74) is 0.479. The average molecular weight is 356 g/mol. The van der Waals surface area contributed by atoms with Crippen LogP contribution in [0, 0.1) is 29.9 Å². The predicted octanol–water partition coefficient (Wildman–Crippen LogP) is 2.13. The number of benzene rings is 1. The molecule has 1 aromatic rings. The van der Waals surface area contributed by atoms with Gasteiger partial charge in [-0.1, -0.05) is 0 Å². The van der Waals surface area contributed by atoms with Crippen LogP contribution in [0.1, 0.15) is 36.8 Å². The van der Waals surface area contributed by atoms with Crippen molar-refractivity contribution in [2.24, 2.45) is 5.92 Å². The molecule has 0 unspecified atom stereocenters. The molecular weight excluding hydrogens is 336 g/mol. The Labute approximate surface area is 140 Å².